The van der Waals surface area contributed by atoms with Gasteiger partial charge in [0.1, 0.15) is 5.75 Å². The lowest BCUT2D eigenvalue weighted by atomic mass is 9.98. The van der Waals surface area contributed by atoms with Gasteiger partial charge in [0.05, 0.1) is 0 Å². The van der Waals surface area contributed by atoms with Crippen molar-refractivity contribution < 1.29 is 19.4 Å². The standard InChI is InChI=1S/C24H21NO4/c26-23(27)16-29-22-9-7-18(8-10-22)19-11-13-25(14-12-19)24(28)21-6-5-17-3-1-2-4-20(17)15-21/h1-11,15H,12-14,16H2,(H,26,27). The maximum Gasteiger partial charge on any atom is 0.341 e. The number of nitrogens with zero attached hydrogens (tertiary/aromatic N) is 1. The van der Waals surface area contributed by atoms with E-state index in [1.807, 2.05) is 59.5 Å². The molecule has 0 aliphatic carbocycles. The molecule has 0 radical (unpaired) electrons. The first-order chi connectivity index (χ1) is 14.1. The Bertz CT molecular complexity index is 1090. The highest BCUT2D eigenvalue weighted by Gasteiger charge is 2.19. The summed E-state index contributed by atoms with van der Waals surface area (Å²) in [5.41, 5.74) is 2.95. The number of benzene rings is 3. The fourth-order valence-electron chi connectivity index (χ4n) is 3.53. The predicted octanol–water partition coefficient (Wildman–Crippen LogP) is 4.23. The minimum absolute atomic E-state index is 0.0449. The molecule has 1 N–H and O–H groups in total. The van der Waals surface area contributed by atoms with Crippen LogP contribution in [0.2, 0.25) is 0 Å². The van der Waals surface area contributed by atoms with Gasteiger partial charge in [-0.05, 0) is 52.6 Å². The van der Waals surface area contributed by atoms with Gasteiger partial charge < -0.3 is 14.7 Å². The van der Waals surface area contributed by atoms with Crippen molar-refractivity contribution in [3.05, 3.63) is 83.9 Å². The van der Waals surface area contributed by atoms with Gasteiger partial charge in [0.25, 0.3) is 5.91 Å². The topological polar surface area (TPSA) is 66.8 Å². The molecular formula is C24H21NO4. The van der Waals surface area contributed by atoms with E-state index in [0.29, 0.717) is 24.4 Å². The smallest absolute Gasteiger partial charge is 0.341 e. The molecule has 1 aliphatic rings. The molecule has 1 aliphatic heterocycles. The average Bonchev–Trinajstić information content (AvgIpc) is 2.77. The molecule has 146 valence electrons. The molecule has 1 amide bonds. The molecule has 0 fully saturated rings. The van der Waals surface area contributed by atoms with Crippen LogP contribution in [-0.2, 0) is 4.79 Å². The third-order valence-electron chi connectivity index (χ3n) is 5.08. The third kappa shape index (κ3) is 4.29. The second-order valence-electron chi connectivity index (χ2n) is 7.00. The van der Waals surface area contributed by atoms with E-state index in [2.05, 4.69) is 6.08 Å². The van der Waals surface area contributed by atoms with Crippen LogP contribution in [0.3, 0.4) is 0 Å². The summed E-state index contributed by atoms with van der Waals surface area (Å²) in [6, 6.07) is 21.2. The van der Waals surface area contributed by atoms with Crippen molar-refractivity contribution in [2.45, 2.75) is 6.42 Å². The number of fused-ring (bicyclic) bond motifs is 1. The SMILES string of the molecule is O=C(O)COc1ccc(C2=CCN(C(=O)c3ccc4ccccc4c3)CC2)cc1. The maximum atomic E-state index is 12.9. The molecule has 0 aromatic heterocycles. The molecule has 29 heavy (non-hydrogen) atoms. The number of ether oxygens (including phenoxy) is 1. The Balaban J connectivity index is 1.43. The first-order valence-electron chi connectivity index (χ1n) is 9.52. The Morgan fingerprint density at radius 2 is 1.72 bits per heavy atom. The lowest BCUT2D eigenvalue weighted by molar-refractivity contribution is -0.139. The predicted molar refractivity (Wildman–Crippen MR) is 112 cm³/mol. The molecule has 4 rings (SSSR count). The number of aliphatic carboxylic acids is 1. The van der Waals surface area contributed by atoms with E-state index < -0.39 is 5.97 Å². The van der Waals surface area contributed by atoms with Gasteiger partial charge in [0, 0.05) is 18.7 Å². The van der Waals surface area contributed by atoms with Crippen molar-refractivity contribution in [2.75, 3.05) is 19.7 Å². The van der Waals surface area contributed by atoms with Gasteiger partial charge in [-0.3, -0.25) is 4.79 Å². The lowest BCUT2D eigenvalue weighted by Gasteiger charge is -2.27. The van der Waals surface area contributed by atoms with Gasteiger partial charge in [-0.25, -0.2) is 4.79 Å². The molecule has 3 aromatic carbocycles. The first kappa shape index (κ1) is 18.7. The van der Waals surface area contributed by atoms with E-state index in [1.54, 1.807) is 12.1 Å². The van der Waals surface area contributed by atoms with Crippen LogP contribution in [0.25, 0.3) is 16.3 Å². The summed E-state index contributed by atoms with van der Waals surface area (Å²) in [6.07, 6.45) is 2.85. The second-order valence-corrected chi connectivity index (χ2v) is 7.00. The van der Waals surface area contributed by atoms with Gasteiger partial charge in [-0.15, -0.1) is 0 Å². The molecule has 0 bridgehead atoms. The van der Waals surface area contributed by atoms with E-state index in [4.69, 9.17) is 9.84 Å². The summed E-state index contributed by atoms with van der Waals surface area (Å²) >= 11 is 0. The Kier molecular flexibility index (Phi) is 5.29. The number of hydrogen-bond donors (Lipinski definition) is 1. The summed E-state index contributed by atoms with van der Waals surface area (Å²) in [5.74, 6) is -0.427. The van der Waals surface area contributed by atoms with E-state index >= 15 is 0 Å². The summed E-state index contributed by atoms with van der Waals surface area (Å²) in [7, 11) is 0. The monoisotopic (exact) mass is 387 g/mol. The quantitative estimate of drug-likeness (QED) is 0.711. The molecule has 0 atom stereocenters. The molecule has 0 spiro atoms. The Labute approximate surface area is 168 Å². The Morgan fingerprint density at radius 1 is 0.966 bits per heavy atom. The van der Waals surface area contributed by atoms with E-state index in [1.165, 1.54) is 5.57 Å². The molecular weight excluding hydrogens is 366 g/mol. The molecule has 0 saturated heterocycles. The molecule has 3 aromatic rings. The number of hydrogen-bond acceptors (Lipinski definition) is 3. The van der Waals surface area contributed by atoms with Crippen molar-refractivity contribution in [3.63, 3.8) is 0 Å². The normalized spacial score (nSPS) is 13.8. The third-order valence-corrected chi connectivity index (χ3v) is 5.08. The molecule has 0 unspecified atom stereocenters. The molecule has 1 heterocycles. The lowest BCUT2D eigenvalue weighted by Crippen LogP contribution is -2.34. The van der Waals surface area contributed by atoms with Crippen LogP contribution in [0, 0.1) is 0 Å². The zero-order valence-electron chi connectivity index (χ0n) is 15.9. The largest absolute Gasteiger partial charge is 0.482 e. The number of carboxylic acids is 1. The fraction of sp³-hybridized carbons (Fsp3) is 0.167. The summed E-state index contributed by atoms with van der Waals surface area (Å²) in [6.45, 7) is 0.876. The second kappa shape index (κ2) is 8.19. The Hall–Kier alpha value is -3.60. The van der Waals surface area contributed by atoms with Crippen LogP contribution in [0.15, 0.2) is 72.8 Å². The molecule has 0 saturated carbocycles. The van der Waals surface area contributed by atoms with Crippen molar-refractivity contribution in [3.8, 4) is 5.75 Å². The average molecular weight is 387 g/mol. The number of carbonyl (C=O) groups is 2. The molecule has 5 nitrogen and oxygen atoms in total. The minimum atomic E-state index is -1.000. The van der Waals surface area contributed by atoms with Crippen LogP contribution in [0.4, 0.5) is 0 Å². The number of carbonyl (C=O) groups excluding carboxylic acids is 1. The van der Waals surface area contributed by atoms with Crippen LogP contribution < -0.4 is 4.74 Å². The van der Waals surface area contributed by atoms with E-state index in [9.17, 15) is 9.59 Å². The van der Waals surface area contributed by atoms with E-state index in [0.717, 1.165) is 22.8 Å². The zero-order chi connectivity index (χ0) is 20.2. The van der Waals surface area contributed by atoms with Gasteiger partial charge in [0.2, 0.25) is 0 Å². The van der Waals surface area contributed by atoms with Crippen molar-refractivity contribution in [2.24, 2.45) is 0 Å². The summed E-state index contributed by atoms with van der Waals surface area (Å²) in [4.78, 5) is 25.3. The Morgan fingerprint density at radius 3 is 2.41 bits per heavy atom. The maximum absolute atomic E-state index is 12.9. The van der Waals surface area contributed by atoms with Crippen LogP contribution in [0.1, 0.15) is 22.3 Å². The zero-order valence-corrected chi connectivity index (χ0v) is 15.9. The van der Waals surface area contributed by atoms with Crippen molar-refractivity contribution in [1.29, 1.82) is 0 Å². The van der Waals surface area contributed by atoms with Crippen molar-refractivity contribution in [1.82, 2.24) is 4.90 Å². The highest BCUT2D eigenvalue weighted by atomic mass is 16.5. The first-order valence-corrected chi connectivity index (χ1v) is 9.52. The van der Waals surface area contributed by atoms with Crippen molar-refractivity contribution >= 4 is 28.2 Å². The number of carboxylic acid groups (broad SMARTS) is 1. The van der Waals surface area contributed by atoms with E-state index in [-0.39, 0.29) is 12.5 Å². The van der Waals surface area contributed by atoms with Crippen LogP contribution in [0.5, 0.6) is 5.75 Å². The van der Waals surface area contributed by atoms with Gasteiger partial charge in [-0.2, -0.15) is 0 Å². The van der Waals surface area contributed by atoms with Crippen LogP contribution in [-0.4, -0.2) is 41.6 Å². The fourth-order valence-corrected chi connectivity index (χ4v) is 3.53. The van der Waals surface area contributed by atoms with Gasteiger partial charge in [-0.1, -0.05) is 48.5 Å². The minimum Gasteiger partial charge on any atom is -0.482 e. The van der Waals surface area contributed by atoms with Gasteiger partial charge in [0.15, 0.2) is 6.61 Å². The highest BCUT2D eigenvalue weighted by Crippen LogP contribution is 2.25. The summed E-state index contributed by atoms with van der Waals surface area (Å²) < 4.78 is 5.17. The van der Waals surface area contributed by atoms with Gasteiger partial charge >= 0.3 is 5.97 Å². The molecule has 5 heteroatoms. The number of amides is 1. The highest BCUT2D eigenvalue weighted by molar-refractivity contribution is 5.99. The van der Waals surface area contributed by atoms with Crippen LogP contribution >= 0.6 is 0 Å². The summed E-state index contributed by atoms with van der Waals surface area (Å²) in [5, 5.41) is 10.9. The number of rotatable bonds is 5.